The van der Waals surface area contributed by atoms with Crippen LogP contribution >= 0.6 is 11.6 Å². The van der Waals surface area contributed by atoms with Gasteiger partial charge in [0.1, 0.15) is 18.2 Å². The second kappa shape index (κ2) is 7.84. The average molecular weight is 382 g/mol. The van der Waals surface area contributed by atoms with Crippen molar-refractivity contribution < 1.29 is 9.53 Å². The first-order chi connectivity index (χ1) is 13.2. The van der Waals surface area contributed by atoms with Gasteiger partial charge in [0, 0.05) is 29.8 Å². The number of anilines is 2. The zero-order valence-corrected chi connectivity index (χ0v) is 15.6. The van der Waals surface area contributed by atoms with Crippen LogP contribution in [-0.2, 0) is 4.79 Å². The van der Waals surface area contributed by atoms with E-state index in [0.29, 0.717) is 17.3 Å². The van der Waals surface area contributed by atoms with Crippen LogP contribution in [0.25, 0.3) is 6.08 Å². The van der Waals surface area contributed by atoms with Gasteiger partial charge >= 0.3 is 0 Å². The lowest BCUT2D eigenvalue weighted by atomic mass is 10.1. The third-order valence-electron chi connectivity index (χ3n) is 4.60. The molecule has 2 aromatic rings. The fourth-order valence-electron chi connectivity index (χ4n) is 3.22. The summed E-state index contributed by atoms with van der Waals surface area (Å²) in [4.78, 5) is 18.9. The summed E-state index contributed by atoms with van der Waals surface area (Å²) in [5.74, 6) is 1.55. The van der Waals surface area contributed by atoms with E-state index >= 15 is 0 Å². The molecule has 4 rings (SSSR count). The number of fused-ring (bicyclic) bond motifs is 1. The molecule has 0 bridgehead atoms. The summed E-state index contributed by atoms with van der Waals surface area (Å²) in [7, 11) is 0. The Labute approximate surface area is 163 Å². The summed E-state index contributed by atoms with van der Waals surface area (Å²) in [5, 5.41) is 3.49. The third kappa shape index (κ3) is 4.31. The number of halogens is 1. The molecular formula is C21H20ClN3O2. The minimum Gasteiger partial charge on any atom is -0.488 e. The summed E-state index contributed by atoms with van der Waals surface area (Å²) in [6.07, 6.45) is 9.34. The maximum absolute atomic E-state index is 12.2. The quantitative estimate of drug-likeness (QED) is 0.802. The SMILES string of the molecule is O=C(/C=C/C1=Cc2cc(Cl)ccc2OC1)Nc1ccc(N2CCCC2)nc1. The highest BCUT2D eigenvalue weighted by molar-refractivity contribution is 6.30. The lowest BCUT2D eigenvalue weighted by molar-refractivity contribution is -0.111. The molecule has 1 N–H and O–H groups in total. The summed E-state index contributed by atoms with van der Waals surface area (Å²) < 4.78 is 5.68. The van der Waals surface area contributed by atoms with Crippen molar-refractivity contribution in [1.29, 1.82) is 0 Å². The van der Waals surface area contributed by atoms with Gasteiger partial charge in [0.25, 0.3) is 0 Å². The van der Waals surface area contributed by atoms with E-state index in [9.17, 15) is 4.79 Å². The van der Waals surface area contributed by atoms with Crippen molar-refractivity contribution in [2.45, 2.75) is 12.8 Å². The molecule has 2 aliphatic rings. The molecular weight excluding hydrogens is 362 g/mol. The van der Waals surface area contributed by atoms with Crippen LogP contribution in [0.3, 0.4) is 0 Å². The molecule has 0 saturated carbocycles. The number of benzene rings is 1. The smallest absolute Gasteiger partial charge is 0.248 e. The topological polar surface area (TPSA) is 54.5 Å². The molecule has 3 heterocycles. The van der Waals surface area contributed by atoms with E-state index < -0.39 is 0 Å². The zero-order chi connectivity index (χ0) is 18.6. The number of hydrogen-bond donors (Lipinski definition) is 1. The van der Waals surface area contributed by atoms with Gasteiger partial charge in [-0.05, 0) is 54.8 Å². The number of rotatable bonds is 4. The first-order valence-electron chi connectivity index (χ1n) is 9.00. The van der Waals surface area contributed by atoms with Gasteiger partial charge in [-0.3, -0.25) is 4.79 Å². The molecule has 5 nitrogen and oxygen atoms in total. The Kier molecular flexibility index (Phi) is 5.12. The summed E-state index contributed by atoms with van der Waals surface area (Å²) in [6.45, 7) is 2.52. The Balaban J connectivity index is 1.37. The van der Waals surface area contributed by atoms with E-state index in [1.807, 2.05) is 30.3 Å². The highest BCUT2D eigenvalue weighted by Gasteiger charge is 2.13. The van der Waals surface area contributed by atoms with E-state index in [1.165, 1.54) is 18.9 Å². The summed E-state index contributed by atoms with van der Waals surface area (Å²) in [5.41, 5.74) is 2.50. The van der Waals surface area contributed by atoms with E-state index in [-0.39, 0.29) is 5.91 Å². The highest BCUT2D eigenvalue weighted by atomic mass is 35.5. The molecule has 0 radical (unpaired) electrons. The van der Waals surface area contributed by atoms with Gasteiger partial charge in [0.2, 0.25) is 5.91 Å². The standard InChI is InChI=1S/C21H20ClN3O2/c22-17-4-6-19-16(12-17)11-15(14-27-19)3-8-21(26)24-18-5-7-20(23-13-18)25-9-1-2-10-25/h3-8,11-13H,1-2,9-10,14H2,(H,24,26)/b8-3+. The number of carbonyl (C=O) groups is 1. The number of amides is 1. The fourth-order valence-corrected chi connectivity index (χ4v) is 3.40. The normalized spacial score (nSPS) is 16.0. The Morgan fingerprint density at radius 1 is 1.22 bits per heavy atom. The van der Waals surface area contributed by atoms with E-state index in [4.69, 9.17) is 16.3 Å². The molecule has 2 aliphatic heterocycles. The van der Waals surface area contributed by atoms with Crippen LogP contribution in [-0.4, -0.2) is 30.6 Å². The third-order valence-corrected chi connectivity index (χ3v) is 4.84. The van der Waals surface area contributed by atoms with Crippen molar-refractivity contribution in [2.24, 2.45) is 0 Å². The van der Waals surface area contributed by atoms with E-state index in [2.05, 4.69) is 15.2 Å². The molecule has 1 amide bonds. The van der Waals surface area contributed by atoms with Gasteiger partial charge in [-0.1, -0.05) is 17.7 Å². The number of aromatic nitrogens is 1. The van der Waals surface area contributed by atoms with Crippen LogP contribution in [0.5, 0.6) is 5.75 Å². The number of nitrogens with one attached hydrogen (secondary N) is 1. The molecule has 1 aromatic heterocycles. The van der Waals surface area contributed by atoms with Gasteiger partial charge < -0.3 is 15.0 Å². The van der Waals surface area contributed by atoms with Crippen LogP contribution < -0.4 is 15.0 Å². The Hall–Kier alpha value is -2.79. The molecule has 1 saturated heterocycles. The van der Waals surface area contributed by atoms with Crippen molar-refractivity contribution in [3.63, 3.8) is 0 Å². The number of carbonyl (C=O) groups excluding carboxylic acids is 1. The van der Waals surface area contributed by atoms with Gasteiger partial charge in [0.15, 0.2) is 0 Å². The van der Waals surface area contributed by atoms with Crippen LogP contribution in [0, 0.1) is 0 Å². The van der Waals surface area contributed by atoms with Crippen LogP contribution in [0.2, 0.25) is 5.02 Å². The van der Waals surface area contributed by atoms with Crippen LogP contribution in [0.15, 0.2) is 54.3 Å². The van der Waals surface area contributed by atoms with E-state index in [0.717, 1.165) is 35.8 Å². The molecule has 138 valence electrons. The van der Waals surface area contributed by atoms with Gasteiger partial charge in [0.05, 0.1) is 11.9 Å². The molecule has 6 heteroatoms. The zero-order valence-electron chi connectivity index (χ0n) is 14.8. The molecule has 1 fully saturated rings. The van der Waals surface area contributed by atoms with Crippen LogP contribution in [0.1, 0.15) is 18.4 Å². The van der Waals surface area contributed by atoms with Gasteiger partial charge in [-0.15, -0.1) is 0 Å². The van der Waals surface area contributed by atoms with Crippen molar-refractivity contribution in [2.75, 3.05) is 29.9 Å². The maximum Gasteiger partial charge on any atom is 0.248 e. The Bertz CT molecular complexity index is 900. The molecule has 1 aromatic carbocycles. The number of pyridine rings is 1. The fraction of sp³-hybridized carbons (Fsp3) is 0.238. The van der Waals surface area contributed by atoms with Gasteiger partial charge in [-0.25, -0.2) is 4.98 Å². The van der Waals surface area contributed by atoms with Crippen molar-refractivity contribution >= 4 is 35.1 Å². The monoisotopic (exact) mass is 381 g/mol. The molecule has 0 spiro atoms. The largest absolute Gasteiger partial charge is 0.488 e. The first-order valence-corrected chi connectivity index (χ1v) is 9.38. The van der Waals surface area contributed by atoms with Gasteiger partial charge in [-0.2, -0.15) is 0 Å². The van der Waals surface area contributed by atoms with Crippen molar-refractivity contribution in [1.82, 2.24) is 4.98 Å². The highest BCUT2D eigenvalue weighted by Crippen LogP contribution is 2.29. The van der Waals surface area contributed by atoms with E-state index in [1.54, 1.807) is 18.3 Å². The van der Waals surface area contributed by atoms with Crippen LogP contribution in [0.4, 0.5) is 11.5 Å². The molecule has 0 aliphatic carbocycles. The van der Waals surface area contributed by atoms with Crippen molar-refractivity contribution in [3.8, 4) is 5.75 Å². The predicted octanol–water partition coefficient (Wildman–Crippen LogP) is 4.31. The molecule has 0 atom stereocenters. The minimum absolute atomic E-state index is 0.205. The summed E-state index contributed by atoms with van der Waals surface area (Å²) >= 11 is 6.02. The maximum atomic E-state index is 12.2. The summed E-state index contributed by atoms with van der Waals surface area (Å²) in [6, 6.07) is 9.32. The number of ether oxygens (including phenoxy) is 1. The lowest BCUT2D eigenvalue weighted by Gasteiger charge is -2.16. The Morgan fingerprint density at radius 3 is 2.85 bits per heavy atom. The second-order valence-corrected chi connectivity index (χ2v) is 7.05. The second-order valence-electron chi connectivity index (χ2n) is 6.61. The Morgan fingerprint density at radius 2 is 2.07 bits per heavy atom. The lowest BCUT2D eigenvalue weighted by Crippen LogP contribution is -2.19. The molecule has 27 heavy (non-hydrogen) atoms. The minimum atomic E-state index is -0.205. The number of nitrogens with zero attached hydrogens (tertiary/aromatic N) is 2. The first kappa shape index (κ1) is 17.6. The van der Waals surface area contributed by atoms with Crippen molar-refractivity contribution in [3.05, 3.63) is 64.8 Å². The number of hydrogen-bond acceptors (Lipinski definition) is 4. The molecule has 0 unspecified atom stereocenters. The predicted molar refractivity (Wildman–Crippen MR) is 108 cm³/mol. The average Bonchev–Trinajstić information content (AvgIpc) is 3.21.